The molecule has 1 aromatic heterocycles. The van der Waals surface area contributed by atoms with Gasteiger partial charge in [0.15, 0.2) is 0 Å². The van der Waals surface area contributed by atoms with Crippen LogP contribution in [0.1, 0.15) is 0 Å². The summed E-state index contributed by atoms with van der Waals surface area (Å²) in [6.07, 6.45) is 1.64. The average Bonchev–Trinajstić information content (AvgIpc) is 2.90. The largest absolute Gasteiger partial charge is 0.532 e. The third kappa shape index (κ3) is 1.97. The summed E-state index contributed by atoms with van der Waals surface area (Å²) in [5.41, 5.74) is 1.95. The van der Waals surface area contributed by atoms with Gasteiger partial charge in [-0.05, 0) is 24.3 Å². The third-order valence-electron chi connectivity index (χ3n) is 2.54. The molecule has 82 valence electrons. The normalized spacial score (nSPS) is 10.4. The van der Waals surface area contributed by atoms with Crippen LogP contribution in [0.4, 0.5) is 0 Å². The standard InChI is InChI=1S/C15H11O2/c1-3-7-12(8-4-1)14-11-16-15(17-14)13-9-5-2-6-10-13/h1-11H/q+1. The Kier molecular flexibility index (Phi) is 2.47. The summed E-state index contributed by atoms with van der Waals surface area (Å²) >= 11 is 0. The van der Waals surface area contributed by atoms with Crippen LogP contribution in [-0.2, 0) is 0 Å². The van der Waals surface area contributed by atoms with Crippen molar-refractivity contribution in [2.45, 2.75) is 0 Å². The van der Waals surface area contributed by atoms with Crippen LogP contribution in [0.15, 0.2) is 75.8 Å². The molecule has 0 atom stereocenters. The SMILES string of the molecule is c1ccc(-c2c[o+]c(-c3ccccc3)o2)cc1. The number of hydrogen-bond acceptors (Lipinski definition) is 1. The third-order valence-corrected chi connectivity index (χ3v) is 2.54. The van der Waals surface area contributed by atoms with E-state index in [2.05, 4.69) is 0 Å². The highest BCUT2D eigenvalue weighted by atomic mass is 16.5. The van der Waals surface area contributed by atoms with Crippen molar-refractivity contribution in [3.05, 3.63) is 66.9 Å². The Morgan fingerprint density at radius 2 is 1.29 bits per heavy atom. The lowest BCUT2D eigenvalue weighted by molar-refractivity contribution is 0.473. The minimum atomic E-state index is 0.532. The first-order valence-corrected chi connectivity index (χ1v) is 5.46. The highest BCUT2D eigenvalue weighted by Gasteiger charge is 2.20. The molecular formula is C15H11O2+. The Bertz CT molecular complexity index is 543. The number of rotatable bonds is 2. The molecule has 0 bridgehead atoms. The first kappa shape index (κ1) is 9.85. The van der Waals surface area contributed by atoms with E-state index in [0.717, 1.165) is 16.9 Å². The van der Waals surface area contributed by atoms with Gasteiger partial charge < -0.3 is 0 Å². The Balaban J connectivity index is 1.99. The molecule has 0 fully saturated rings. The molecule has 0 N–H and O–H groups in total. The van der Waals surface area contributed by atoms with E-state index in [0.29, 0.717) is 5.96 Å². The number of benzene rings is 2. The van der Waals surface area contributed by atoms with Gasteiger partial charge in [-0.1, -0.05) is 36.4 Å². The fraction of sp³-hybridized carbons (Fsp3) is 0. The zero-order chi connectivity index (χ0) is 11.5. The van der Waals surface area contributed by atoms with Gasteiger partial charge in [0.2, 0.25) is 0 Å². The molecule has 0 saturated carbocycles. The van der Waals surface area contributed by atoms with E-state index in [1.165, 1.54) is 0 Å². The summed E-state index contributed by atoms with van der Waals surface area (Å²) in [5, 5.41) is 0. The van der Waals surface area contributed by atoms with Crippen LogP contribution < -0.4 is 0 Å². The predicted octanol–water partition coefficient (Wildman–Crippen LogP) is 4.49. The second kappa shape index (κ2) is 4.26. The van der Waals surface area contributed by atoms with E-state index < -0.39 is 0 Å². The van der Waals surface area contributed by atoms with E-state index in [1.54, 1.807) is 6.26 Å². The molecule has 2 heteroatoms. The minimum Gasteiger partial charge on any atom is -0.274 e. The lowest BCUT2D eigenvalue weighted by atomic mass is 10.2. The van der Waals surface area contributed by atoms with Crippen LogP contribution in [-0.4, -0.2) is 0 Å². The van der Waals surface area contributed by atoms with Crippen LogP contribution in [0.25, 0.3) is 22.8 Å². The van der Waals surface area contributed by atoms with Crippen LogP contribution >= 0.6 is 0 Å². The molecule has 0 aliphatic heterocycles. The Labute approximate surface area is 99.1 Å². The molecule has 0 amide bonds. The van der Waals surface area contributed by atoms with Crippen molar-refractivity contribution in [2.24, 2.45) is 0 Å². The van der Waals surface area contributed by atoms with Gasteiger partial charge in [-0.3, -0.25) is 8.83 Å². The Morgan fingerprint density at radius 3 is 1.94 bits per heavy atom. The van der Waals surface area contributed by atoms with Gasteiger partial charge in [-0.2, -0.15) is 0 Å². The Morgan fingerprint density at radius 1 is 0.706 bits per heavy atom. The molecule has 1 heterocycles. The van der Waals surface area contributed by atoms with Gasteiger partial charge >= 0.3 is 11.7 Å². The quantitative estimate of drug-likeness (QED) is 0.598. The van der Waals surface area contributed by atoms with E-state index in [4.69, 9.17) is 8.83 Å². The van der Waals surface area contributed by atoms with Gasteiger partial charge in [-0.15, -0.1) is 0 Å². The van der Waals surface area contributed by atoms with Crippen molar-refractivity contribution >= 4 is 0 Å². The topological polar surface area (TPSA) is 24.4 Å². The molecule has 2 nitrogen and oxygen atoms in total. The molecule has 0 unspecified atom stereocenters. The minimum absolute atomic E-state index is 0.532. The van der Waals surface area contributed by atoms with Gasteiger partial charge in [0.05, 0.1) is 5.56 Å². The molecule has 0 aliphatic carbocycles. The maximum atomic E-state index is 5.69. The van der Waals surface area contributed by atoms with E-state index in [1.807, 2.05) is 60.7 Å². The zero-order valence-electron chi connectivity index (χ0n) is 9.17. The second-order valence-electron chi connectivity index (χ2n) is 3.72. The van der Waals surface area contributed by atoms with Gasteiger partial charge in [0, 0.05) is 0 Å². The van der Waals surface area contributed by atoms with E-state index >= 15 is 0 Å². The lowest BCUT2D eigenvalue weighted by Crippen LogP contribution is -1.72. The Hall–Kier alpha value is -2.35. The van der Waals surface area contributed by atoms with Crippen molar-refractivity contribution in [3.63, 3.8) is 0 Å². The molecule has 0 radical (unpaired) electrons. The summed E-state index contributed by atoms with van der Waals surface area (Å²) in [5.74, 6) is 1.27. The van der Waals surface area contributed by atoms with Crippen LogP contribution in [0.2, 0.25) is 0 Å². The van der Waals surface area contributed by atoms with Crippen molar-refractivity contribution < 1.29 is 8.83 Å². The van der Waals surface area contributed by atoms with Crippen molar-refractivity contribution in [1.29, 1.82) is 0 Å². The molecule has 2 aromatic carbocycles. The fourth-order valence-corrected chi connectivity index (χ4v) is 1.69. The van der Waals surface area contributed by atoms with Crippen molar-refractivity contribution in [3.8, 4) is 22.8 Å². The smallest absolute Gasteiger partial charge is 0.274 e. The second-order valence-corrected chi connectivity index (χ2v) is 3.72. The highest BCUT2D eigenvalue weighted by Crippen LogP contribution is 2.27. The van der Waals surface area contributed by atoms with Crippen LogP contribution in [0, 0.1) is 0 Å². The van der Waals surface area contributed by atoms with Crippen molar-refractivity contribution in [1.82, 2.24) is 0 Å². The molecule has 0 aliphatic rings. The molecule has 0 spiro atoms. The lowest BCUT2D eigenvalue weighted by Gasteiger charge is -1.87. The summed E-state index contributed by atoms with van der Waals surface area (Å²) < 4.78 is 11.1. The van der Waals surface area contributed by atoms with E-state index in [9.17, 15) is 0 Å². The first-order chi connectivity index (χ1) is 8.43. The number of hydrogen-bond donors (Lipinski definition) is 0. The first-order valence-electron chi connectivity index (χ1n) is 5.46. The van der Waals surface area contributed by atoms with Gasteiger partial charge in [0.25, 0.3) is 6.26 Å². The maximum absolute atomic E-state index is 5.69. The van der Waals surface area contributed by atoms with Gasteiger partial charge in [0.1, 0.15) is 5.56 Å². The summed E-state index contributed by atoms with van der Waals surface area (Å²) in [6.45, 7) is 0. The van der Waals surface area contributed by atoms with Crippen molar-refractivity contribution in [2.75, 3.05) is 0 Å². The molecular weight excluding hydrogens is 212 g/mol. The highest BCUT2D eigenvalue weighted by molar-refractivity contribution is 5.59. The summed E-state index contributed by atoms with van der Waals surface area (Å²) in [4.78, 5) is 0. The molecule has 3 aromatic rings. The molecule has 0 saturated heterocycles. The zero-order valence-corrected chi connectivity index (χ0v) is 9.17. The van der Waals surface area contributed by atoms with E-state index in [-0.39, 0.29) is 0 Å². The van der Waals surface area contributed by atoms with Crippen LogP contribution in [0.3, 0.4) is 0 Å². The average molecular weight is 223 g/mol. The summed E-state index contributed by atoms with van der Waals surface area (Å²) in [7, 11) is 0. The summed E-state index contributed by atoms with van der Waals surface area (Å²) in [6, 6.07) is 19.7. The molecule has 3 rings (SSSR count). The van der Waals surface area contributed by atoms with Gasteiger partial charge in [-0.25, -0.2) is 0 Å². The molecule has 17 heavy (non-hydrogen) atoms. The predicted molar refractivity (Wildman–Crippen MR) is 66.3 cm³/mol. The van der Waals surface area contributed by atoms with Crippen LogP contribution in [0.5, 0.6) is 0 Å². The maximum Gasteiger partial charge on any atom is 0.532 e. The fourth-order valence-electron chi connectivity index (χ4n) is 1.69. The monoisotopic (exact) mass is 223 g/mol.